The predicted molar refractivity (Wildman–Crippen MR) is 85.7 cm³/mol. The van der Waals surface area contributed by atoms with Crippen molar-refractivity contribution in [3.8, 4) is 5.75 Å². The molecule has 0 saturated carbocycles. The molecule has 0 aromatic heterocycles. The molecular weight excluding hydrogens is 281 g/mol. The second kappa shape index (κ2) is 7.59. The van der Waals surface area contributed by atoms with E-state index in [1.807, 2.05) is 12.1 Å². The highest BCUT2D eigenvalue weighted by Gasteiger charge is 2.06. The highest BCUT2D eigenvalue weighted by molar-refractivity contribution is 6.04. The van der Waals surface area contributed by atoms with Crippen LogP contribution in [-0.2, 0) is 0 Å². The minimum Gasteiger partial charge on any atom is -0.494 e. The molecule has 1 N–H and O–H groups in total. The van der Waals surface area contributed by atoms with Gasteiger partial charge in [0.15, 0.2) is 0 Å². The summed E-state index contributed by atoms with van der Waals surface area (Å²) in [7, 11) is 0. The second-order valence-corrected chi connectivity index (χ2v) is 5.52. The van der Waals surface area contributed by atoms with E-state index in [2.05, 4.69) is 19.2 Å². The Morgan fingerprint density at radius 2 is 1.73 bits per heavy atom. The topological polar surface area (TPSA) is 38.3 Å². The highest BCUT2D eigenvalue weighted by atomic mass is 19.1. The average molecular weight is 301 g/mol. The molecule has 22 heavy (non-hydrogen) atoms. The van der Waals surface area contributed by atoms with E-state index in [1.54, 1.807) is 12.1 Å². The van der Waals surface area contributed by atoms with Crippen LogP contribution in [0.4, 0.5) is 10.1 Å². The molecule has 0 radical (unpaired) electrons. The van der Waals surface area contributed by atoms with Crippen LogP contribution in [0, 0.1) is 11.7 Å². The maximum atomic E-state index is 12.8. The number of halogens is 1. The van der Waals surface area contributed by atoms with Gasteiger partial charge in [-0.15, -0.1) is 0 Å². The van der Waals surface area contributed by atoms with Crippen molar-refractivity contribution in [3.05, 3.63) is 59.9 Å². The Labute approximate surface area is 130 Å². The summed E-state index contributed by atoms with van der Waals surface area (Å²) in [5.41, 5.74) is 1.09. The number of hydrogen-bond acceptors (Lipinski definition) is 2. The number of hydrogen-bond donors (Lipinski definition) is 1. The molecule has 3 nitrogen and oxygen atoms in total. The van der Waals surface area contributed by atoms with Crippen LogP contribution in [0.5, 0.6) is 5.75 Å². The summed E-state index contributed by atoms with van der Waals surface area (Å²) < 4.78 is 18.4. The number of benzene rings is 2. The van der Waals surface area contributed by atoms with Gasteiger partial charge in [0.1, 0.15) is 11.6 Å². The normalized spacial score (nSPS) is 10.5. The molecule has 2 rings (SSSR count). The molecule has 0 aliphatic carbocycles. The summed E-state index contributed by atoms with van der Waals surface area (Å²) in [6, 6.07) is 12.6. The van der Waals surface area contributed by atoms with E-state index in [0.717, 1.165) is 12.2 Å². The smallest absolute Gasteiger partial charge is 0.255 e. The molecule has 0 atom stereocenters. The Hall–Kier alpha value is -2.36. The molecule has 116 valence electrons. The molecule has 0 heterocycles. The zero-order valence-electron chi connectivity index (χ0n) is 12.8. The summed E-state index contributed by atoms with van der Waals surface area (Å²) in [5.74, 6) is 0.752. The third-order valence-corrected chi connectivity index (χ3v) is 3.18. The summed E-state index contributed by atoms with van der Waals surface area (Å²) in [6.45, 7) is 4.98. The lowest BCUT2D eigenvalue weighted by atomic mass is 10.1. The Morgan fingerprint density at radius 3 is 2.32 bits per heavy atom. The third kappa shape index (κ3) is 4.88. The summed E-state index contributed by atoms with van der Waals surface area (Å²) in [6.07, 6.45) is 1.00. The number of ether oxygens (including phenoxy) is 1. The summed E-state index contributed by atoms with van der Waals surface area (Å²) in [5, 5.41) is 2.76. The minimum absolute atomic E-state index is 0.270. The van der Waals surface area contributed by atoms with E-state index in [1.165, 1.54) is 24.3 Å². The molecule has 2 aromatic carbocycles. The molecule has 0 saturated heterocycles. The van der Waals surface area contributed by atoms with E-state index in [9.17, 15) is 9.18 Å². The van der Waals surface area contributed by atoms with E-state index < -0.39 is 0 Å². The fraction of sp³-hybridized carbons (Fsp3) is 0.278. The lowest BCUT2D eigenvalue weighted by molar-refractivity contribution is 0.102. The van der Waals surface area contributed by atoms with Crippen LogP contribution < -0.4 is 10.1 Å². The highest BCUT2D eigenvalue weighted by Crippen LogP contribution is 2.17. The van der Waals surface area contributed by atoms with E-state index >= 15 is 0 Å². The molecule has 4 heteroatoms. The first kappa shape index (κ1) is 16.0. The molecule has 0 aliphatic rings. The van der Waals surface area contributed by atoms with Gasteiger partial charge in [-0.3, -0.25) is 4.79 Å². The van der Waals surface area contributed by atoms with Gasteiger partial charge in [-0.25, -0.2) is 4.39 Å². The molecule has 1 amide bonds. The number of amides is 1. The van der Waals surface area contributed by atoms with Gasteiger partial charge in [-0.2, -0.15) is 0 Å². The van der Waals surface area contributed by atoms with Crippen LogP contribution in [-0.4, -0.2) is 12.5 Å². The zero-order valence-corrected chi connectivity index (χ0v) is 12.8. The van der Waals surface area contributed by atoms with Gasteiger partial charge in [0, 0.05) is 11.3 Å². The lowest BCUT2D eigenvalue weighted by Gasteiger charge is -2.09. The fourth-order valence-electron chi connectivity index (χ4n) is 1.85. The molecule has 2 aromatic rings. The Balaban J connectivity index is 1.90. The molecule has 0 bridgehead atoms. The quantitative estimate of drug-likeness (QED) is 0.853. The number of anilines is 1. The van der Waals surface area contributed by atoms with Crippen molar-refractivity contribution in [2.75, 3.05) is 11.9 Å². The van der Waals surface area contributed by atoms with E-state index in [4.69, 9.17) is 4.74 Å². The molecule has 0 aliphatic heterocycles. The van der Waals surface area contributed by atoms with E-state index in [0.29, 0.717) is 23.8 Å². The fourth-order valence-corrected chi connectivity index (χ4v) is 1.85. The average Bonchev–Trinajstić information content (AvgIpc) is 2.49. The number of rotatable bonds is 6. The summed E-state index contributed by atoms with van der Waals surface area (Å²) >= 11 is 0. The van der Waals surface area contributed by atoms with Crippen molar-refractivity contribution in [2.24, 2.45) is 5.92 Å². The zero-order chi connectivity index (χ0) is 15.9. The maximum absolute atomic E-state index is 12.8. The van der Waals surface area contributed by atoms with Gasteiger partial charge in [0.2, 0.25) is 0 Å². The largest absolute Gasteiger partial charge is 0.494 e. The molecule has 0 unspecified atom stereocenters. The van der Waals surface area contributed by atoms with Gasteiger partial charge in [0.05, 0.1) is 6.61 Å². The van der Waals surface area contributed by atoms with Crippen molar-refractivity contribution in [1.82, 2.24) is 0 Å². The van der Waals surface area contributed by atoms with Crippen molar-refractivity contribution in [1.29, 1.82) is 0 Å². The number of carbonyl (C=O) groups excluding carboxylic acids is 1. The summed E-state index contributed by atoms with van der Waals surface area (Å²) in [4.78, 5) is 12.0. The maximum Gasteiger partial charge on any atom is 0.255 e. The Bertz CT molecular complexity index is 606. The first-order chi connectivity index (χ1) is 10.5. The van der Waals surface area contributed by atoms with Crippen molar-refractivity contribution < 1.29 is 13.9 Å². The van der Waals surface area contributed by atoms with E-state index in [-0.39, 0.29) is 11.7 Å². The molecule has 0 fully saturated rings. The van der Waals surface area contributed by atoms with Gasteiger partial charge in [0.25, 0.3) is 5.91 Å². The van der Waals surface area contributed by atoms with Gasteiger partial charge in [-0.1, -0.05) is 13.8 Å². The van der Waals surface area contributed by atoms with Gasteiger partial charge < -0.3 is 10.1 Å². The van der Waals surface area contributed by atoms with Crippen LogP contribution in [0.1, 0.15) is 30.6 Å². The standard InChI is InChI=1S/C18H20FNO2/c1-13(2)11-12-22-17-9-7-16(8-10-17)20-18(21)14-3-5-15(19)6-4-14/h3-10,13H,11-12H2,1-2H3,(H,20,21). The Kier molecular flexibility index (Phi) is 5.53. The molecule has 0 spiro atoms. The third-order valence-electron chi connectivity index (χ3n) is 3.18. The van der Waals surface area contributed by atoms with Crippen LogP contribution in [0.3, 0.4) is 0 Å². The first-order valence-electron chi connectivity index (χ1n) is 7.34. The van der Waals surface area contributed by atoms with Crippen LogP contribution in [0.15, 0.2) is 48.5 Å². The lowest BCUT2D eigenvalue weighted by Crippen LogP contribution is -2.11. The van der Waals surface area contributed by atoms with Crippen LogP contribution in [0.25, 0.3) is 0 Å². The van der Waals surface area contributed by atoms with Crippen molar-refractivity contribution in [3.63, 3.8) is 0 Å². The minimum atomic E-state index is -0.362. The van der Waals surface area contributed by atoms with Crippen molar-refractivity contribution in [2.45, 2.75) is 20.3 Å². The monoisotopic (exact) mass is 301 g/mol. The molecular formula is C18H20FNO2. The van der Waals surface area contributed by atoms with Crippen LogP contribution >= 0.6 is 0 Å². The first-order valence-corrected chi connectivity index (χ1v) is 7.34. The van der Waals surface area contributed by atoms with Crippen molar-refractivity contribution >= 4 is 11.6 Å². The van der Waals surface area contributed by atoms with Gasteiger partial charge in [-0.05, 0) is 60.9 Å². The van der Waals surface area contributed by atoms with Gasteiger partial charge >= 0.3 is 0 Å². The van der Waals surface area contributed by atoms with Crippen LogP contribution in [0.2, 0.25) is 0 Å². The second-order valence-electron chi connectivity index (χ2n) is 5.52. The number of nitrogens with one attached hydrogen (secondary N) is 1. The number of carbonyl (C=O) groups is 1. The predicted octanol–water partition coefficient (Wildman–Crippen LogP) is 4.50. The Morgan fingerprint density at radius 1 is 1.09 bits per heavy atom. The SMILES string of the molecule is CC(C)CCOc1ccc(NC(=O)c2ccc(F)cc2)cc1.